The summed E-state index contributed by atoms with van der Waals surface area (Å²) in [5, 5.41) is 6.88. The molecule has 1 aliphatic heterocycles. The summed E-state index contributed by atoms with van der Waals surface area (Å²) in [6, 6.07) is 1.37. The van der Waals surface area contributed by atoms with E-state index in [1.807, 2.05) is 0 Å². The van der Waals surface area contributed by atoms with Gasteiger partial charge in [-0.3, -0.25) is 4.79 Å². The lowest BCUT2D eigenvalue weighted by Crippen LogP contribution is -2.55. The van der Waals surface area contributed by atoms with Gasteiger partial charge in [-0.25, -0.2) is 0 Å². The fourth-order valence-electron chi connectivity index (χ4n) is 3.59. The minimum atomic E-state index is 0.237. The van der Waals surface area contributed by atoms with E-state index in [1.54, 1.807) is 0 Å². The highest BCUT2D eigenvalue weighted by molar-refractivity contribution is 5.79. The number of fused-ring (bicyclic) bond motifs is 1. The van der Waals surface area contributed by atoms with E-state index in [4.69, 9.17) is 0 Å². The summed E-state index contributed by atoms with van der Waals surface area (Å²) in [5.74, 6) is 1.11. The molecule has 2 aliphatic rings. The van der Waals surface area contributed by atoms with E-state index in [9.17, 15) is 4.79 Å². The highest BCUT2D eigenvalue weighted by Gasteiger charge is 2.40. The van der Waals surface area contributed by atoms with Crippen LogP contribution in [-0.2, 0) is 4.79 Å². The van der Waals surface area contributed by atoms with Gasteiger partial charge in [0.25, 0.3) is 0 Å². The van der Waals surface area contributed by atoms with Crippen LogP contribution in [0.5, 0.6) is 0 Å². The molecule has 0 spiro atoms. The average molecular weight is 252 g/mol. The molecule has 0 unspecified atom stereocenters. The molecule has 0 bridgehead atoms. The third-order valence-corrected chi connectivity index (χ3v) is 4.78. The van der Waals surface area contributed by atoms with E-state index < -0.39 is 0 Å². The van der Waals surface area contributed by atoms with Crippen LogP contribution in [0.1, 0.15) is 59.3 Å². The fraction of sp³-hybridized carbons (Fsp3) is 0.933. The topological polar surface area (TPSA) is 41.1 Å². The van der Waals surface area contributed by atoms with Gasteiger partial charge in [-0.1, -0.05) is 19.8 Å². The molecule has 0 aromatic heterocycles. The minimum absolute atomic E-state index is 0.237. The maximum absolute atomic E-state index is 12.4. The van der Waals surface area contributed by atoms with Gasteiger partial charge in [-0.15, -0.1) is 0 Å². The highest BCUT2D eigenvalue weighted by atomic mass is 16.2. The molecule has 1 aliphatic carbocycles. The Balaban J connectivity index is 2.01. The number of piperidine rings is 1. The van der Waals surface area contributed by atoms with Gasteiger partial charge in [0.1, 0.15) is 0 Å². The minimum Gasteiger partial charge on any atom is -0.353 e. The first-order valence-electron chi connectivity index (χ1n) is 7.68. The Morgan fingerprint density at radius 3 is 2.83 bits per heavy atom. The van der Waals surface area contributed by atoms with Crippen molar-refractivity contribution in [1.82, 2.24) is 10.6 Å². The van der Waals surface area contributed by atoms with Gasteiger partial charge in [0, 0.05) is 24.0 Å². The van der Waals surface area contributed by atoms with Crippen LogP contribution in [0.3, 0.4) is 0 Å². The molecule has 2 rings (SSSR count). The molecule has 0 aromatic carbocycles. The SMILES string of the molecule is CC[C@H](C)NC(=O)[C@@H]1C[C@H](C)N[C@@H]2CCCC[C@@H]21. The molecule has 5 atom stereocenters. The molecule has 3 heteroatoms. The molecule has 1 saturated heterocycles. The van der Waals surface area contributed by atoms with Crippen molar-refractivity contribution in [2.24, 2.45) is 11.8 Å². The molecular formula is C15H28N2O. The van der Waals surface area contributed by atoms with Gasteiger partial charge in [-0.05, 0) is 45.4 Å². The summed E-state index contributed by atoms with van der Waals surface area (Å²) in [6.07, 6.45) is 7.11. The lowest BCUT2D eigenvalue weighted by atomic mass is 9.71. The van der Waals surface area contributed by atoms with E-state index >= 15 is 0 Å². The first kappa shape index (κ1) is 13.9. The van der Waals surface area contributed by atoms with Crippen LogP contribution in [0.25, 0.3) is 0 Å². The maximum Gasteiger partial charge on any atom is 0.223 e. The Morgan fingerprint density at radius 1 is 1.39 bits per heavy atom. The second kappa shape index (κ2) is 6.05. The lowest BCUT2D eigenvalue weighted by Gasteiger charge is -2.44. The summed E-state index contributed by atoms with van der Waals surface area (Å²) in [6.45, 7) is 6.44. The van der Waals surface area contributed by atoms with E-state index in [2.05, 4.69) is 31.4 Å². The third kappa shape index (κ3) is 3.05. The Hall–Kier alpha value is -0.570. The number of carbonyl (C=O) groups excluding carboxylic acids is 1. The molecule has 1 amide bonds. The predicted octanol–water partition coefficient (Wildman–Crippen LogP) is 2.46. The summed E-state index contributed by atoms with van der Waals surface area (Å²) in [5.41, 5.74) is 0. The van der Waals surface area contributed by atoms with Crippen molar-refractivity contribution in [3.63, 3.8) is 0 Å². The van der Waals surface area contributed by atoms with Crippen LogP contribution in [0.2, 0.25) is 0 Å². The Kier molecular flexibility index (Phi) is 4.66. The molecule has 0 radical (unpaired) electrons. The van der Waals surface area contributed by atoms with Crippen molar-refractivity contribution < 1.29 is 4.79 Å². The second-order valence-electron chi connectivity index (χ2n) is 6.28. The number of carbonyl (C=O) groups is 1. The van der Waals surface area contributed by atoms with Crippen molar-refractivity contribution in [3.8, 4) is 0 Å². The van der Waals surface area contributed by atoms with Gasteiger partial charge in [0.15, 0.2) is 0 Å². The number of amides is 1. The fourth-order valence-corrected chi connectivity index (χ4v) is 3.59. The van der Waals surface area contributed by atoms with Crippen LogP contribution in [0.4, 0.5) is 0 Å². The largest absolute Gasteiger partial charge is 0.353 e. The van der Waals surface area contributed by atoms with E-state index in [0.29, 0.717) is 30.0 Å². The van der Waals surface area contributed by atoms with Crippen LogP contribution >= 0.6 is 0 Å². The van der Waals surface area contributed by atoms with Crippen molar-refractivity contribution in [2.75, 3.05) is 0 Å². The molecule has 18 heavy (non-hydrogen) atoms. The van der Waals surface area contributed by atoms with E-state index in [1.165, 1.54) is 25.7 Å². The summed E-state index contributed by atoms with van der Waals surface area (Å²) >= 11 is 0. The second-order valence-corrected chi connectivity index (χ2v) is 6.28. The van der Waals surface area contributed by atoms with Crippen LogP contribution in [-0.4, -0.2) is 24.0 Å². The molecule has 2 N–H and O–H groups in total. The lowest BCUT2D eigenvalue weighted by molar-refractivity contribution is -0.130. The maximum atomic E-state index is 12.4. The molecule has 1 saturated carbocycles. The molecular weight excluding hydrogens is 224 g/mol. The Bertz CT molecular complexity index is 292. The zero-order chi connectivity index (χ0) is 13.1. The first-order chi connectivity index (χ1) is 8.61. The number of hydrogen-bond donors (Lipinski definition) is 2. The number of nitrogens with one attached hydrogen (secondary N) is 2. The molecule has 104 valence electrons. The van der Waals surface area contributed by atoms with Gasteiger partial charge >= 0.3 is 0 Å². The van der Waals surface area contributed by atoms with Gasteiger partial charge in [-0.2, -0.15) is 0 Å². The van der Waals surface area contributed by atoms with Gasteiger partial charge in [0.05, 0.1) is 0 Å². The molecule has 0 aromatic rings. The van der Waals surface area contributed by atoms with E-state index in [-0.39, 0.29) is 5.92 Å². The van der Waals surface area contributed by atoms with Crippen LogP contribution in [0.15, 0.2) is 0 Å². The summed E-state index contributed by atoms with van der Waals surface area (Å²) in [4.78, 5) is 12.4. The van der Waals surface area contributed by atoms with Crippen molar-refractivity contribution in [2.45, 2.75) is 77.4 Å². The predicted molar refractivity (Wildman–Crippen MR) is 74.3 cm³/mol. The van der Waals surface area contributed by atoms with Gasteiger partial charge in [0.2, 0.25) is 5.91 Å². The van der Waals surface area contributed by atoms with E-state index in [0.717, 1.165) is 12.8 Å². The van der Waals surface area contributed by atoms with Crippen molar-refractivity contribution >= 4 is 5.91 Å². The highest BCUT2D eigenvalue weighted by Crippen LogP contribution is 2.36. The van der Waals surface area contributed by atoms with Crippen molar-refractivity contribution in [3.05, 3.63) is 0 Å². The average Bonchev–Trinajstić information content (AvgIpc) is 2.37. The van der Waals surface area contributed by atoms with Crippen LogP contribution < -0.4 is 10.6 Å². The third-order valence-electron chi connectivity index (χ3n) is 4.78. The summed E-state index contributed by atoms with van der Waals surface area (Å²) in [7, 11) is 0. The number of hydrogen-bond acceptors (Lipinski definition) is 2. The molecule has 2 fully saturated rings. The zero-order valence-corrected chi connectivity index (χ0v) is 12.0. The monoisotopic (exact) mass is 252 g/mol. The quantitative estimate of drug-likeness (QED) is 0.810. The zero-order valence-electron chi connectivity index (χ0n) is 12.0. The normalized spacial score (nSPS) is 37.7. The smallest absolute Gasteiger partial charge is 0.223 e. The Labute approximate surface area is 111 Å². The standard InChI is InChI=1S/C15H28N2O/c1-4-10(2)17-15(18)13-9-11(3)16-14-8-6-5-7-12(13)14/h10-14,16H,4-9H2,1-3H3,(H,17,18)/t10-,11-,12+,13+,14+/m0/s1. The van der Waals surface area contributed by atoms with Crippen LogP contribution in [0, 0.1) is 11.8 Å². The first-order valence-corrected chi connectivity index (χ1v) is 7.68. The summed E-state index contributed by atoms with van der Waals surface area (Å²) < 4.78 is 0. The number of rotatable bonds is 3. The molecule has 3 nitrogen and oxygen atoms in total. The van der Waals surface area contributed by atoms with Gasteiger partial charge < -0.3 is 10.6 Å². The van der Waals surface area contributed by atoms with Crippen molar-refractivity contribution in [1.29, 1.82) is 0 Å². The Morgan fingerprint density at radius 2 is 2.11 bits per heavy atom. The molecule has 1 heterocycles.